The van der Waals surface area contributed by atoms with Gasteiger partial charge in [0.05, 0.1) is 0 Å². The van der Waals surface area contributed by atoms with E-state index in [0.29, 0.717) is 0 Å². The molecule has 0 aliphatic heterocycles. The Kier molecular flexibility index (Phi) is 10.3. The maximum absolute atomic E-state index is 3.08. The second-order valence-electron chi connectivity index (χ2n) is 9.64. The number of aromatic nitrogens is 3. The van der Waals surface area contributed by atoms with E-state index in [9.17, 15) is 0 Å². The number of aryl methyl sites for hydroxylation is 2. The molecule has 3 aromatic heterocycles. The van der Waals surface area contributed by atoms with Gasteiger partial charge in [0.2, 0.25) is 0 Å². The SMILES string of the molecule is C/C=C(\C=C/NC)/C=C/c1cn(CCSSCCn2cc(/C=C/c3cc[nH+]cc3)c3ccccc32)c2ccccc12. The second kappa shape index (κ2) is 14.7. The van der Waals surface area contributed by atoms with Crippen molar-refractivity contribution in [2.45, 2.75) is 20.0 Å². The van der Waals surface area contributed by atoms with Crippen LogP contribution in [0.25, 0.3) is 40.0 Å². The fourth-order valence-corrected chi connectivity index (χ4v) is 6.82. The monoisotopic (exact) mass is 577 g/mol. The molecule has 0 aliphatic rings. The summed E-state index contributed by atoms with van der Waals surface area (Å²) in [5, 5.41) is 5.66. The van der Waals surface area contributed by atoms with Gasteiger partial charge in [0.1, 0.15) is 0 Å². The summed E-state index contributed by atoms with van der Waals surface area (Å²) in [5.74, 6) is 2.13. The minimum atomic E-state index is 0.987. The average molecular weight is 578 g/mol. The first-order valence-corrected chi connectivity index (χ1v) is 16.5. The Morgan fingerprint density at radius 3 is 1.93 bits per heavy atom. The van der Waals surface area contributed by atoms with Gasteiger partial charge in [0, 0.05) is 78.0 Å². The Morgan fingerprint density at radius 1 is 0.756 bits per heavy atom. The maximum Gasteiger partial charge on any atom is 0.167 e. The molecule has 2 N–H and O–H groups in total. The van der Waals surface area contributed by atoms with E-state index in [1.165, 1.54) is 44.1 Å². The number of allylic oxidation sites excluding steroid dienone is 4. The molecule has 0 atom stereocenters. The molecule has 0 aliphatic carbocycles. The van der Waals surface area contributed by atoms with Gasteiger partial charge in [-0.2, -0.15) is 0 Å². The van der Waals surface area contributed by atoms with Gasteiger partial charge in [-0.3, -0.25) is 0 Å². The van der Waals surface area contributed by atoms with Crippen LogP contribution in [0.5, 0.6) is 0 Å². The van der Waals surface area contributed by atoms with Crippen LogP contribution in [0.3, 0.4) is 0 Å². The van der Waals surface area contributed by atoms with Gasteiger partial charge in [-0.05, 0) is 53.6 Å². The molecular formula is C35H37N4S2+. The van der Waals surface area contributed by atoms with E-state index < -0.39 is 0 Å². The highest BCUT2D eigenvalue weighted by atomic mass is 33.1. The number of nitrogens with zero attached hydrogens (tertiary/aromatic N) is 2. The Bertz CT molecular complexity index is 1690. The molecule has 5 rings (SSSR count). The van der Waals surface area contributed by atoms with Crippen molar-refractivity contribution >= 4 is 61.6 Å². The summed E-state index contributed by atoms with van der Waals surface area (Å²) in [6, 6.07) is 21.6. The van der Waals surface area contributed by atoms with E-state index in [0.717, 1.165) is 24.6 Å². The van der Waals surface area contributed by atoms with Crippen LogP contribution in [0.2, 0.25) is 0 Å². The predicted molar refractivity (Wildman–Crippen MR) is 182 cm³/mol. The molecule has 4 nitrogen and oxygen atoms in total. The van der Waals surface area contributed by atoms with Gasteiger partial charge >= 0.3 is 0 Å². The van der Waals surface area contributed by atoms with E-state index in [2.05, 4.69) is 136 Å². The summed E-state index contributed by atoms with van der Waals surface area (Å²) in [5.41, 5.74) is 7.46. The third-order valence-corrected chi connectivity index (χ3v) is 9.35. The third-order valence-electron chi connectivity index (χ3n) is 6.98. The molecule has 2 aromatic carbocycles. The van der Waals surface area contributed by atoms with Crippen molar-refractivity contribution in [1.82, 2.24) is 14.5 Å². The molecule has 208 valence electrons. The molecule has 3 heterocycles. The zero-order chi connectivity index (χ0) is 28.3. The highest BCUT2D eigenvalue weighted by Crippen LogP contribution is 2.28. The number of H-pyrrole nitrogens is 1. The number of para-hydroxylation sites is 2. The summed E-state index contributed by atoms with van der Waals surface area (Å²) < 4.78 is 4.79. The molecule has 5 aromatic rings. The molecule has 0 unspecified atom stereocenters. The standard InChI is InChI=1S/C35H36N4S2/c1-3-28(16-19-36-2)12-14-30-26-38(34-10-6-4-8-32(30)34)22-24-40-41-25-23-39-27-31(33-9-5-7-11-35(33)39)15-13-29-17-20-37-21-18-29/h3-21,26-27,36H,22-25H2,1-2H3/p+1/b14-12+,15-13+,19-16-,28-3-. The van der Waals surface area contributed by atoms with Crippen LogP contribution < -0.4 is 10.3 Å². The molecule has 0 amide bonds. The van der Waals surface area contributed by atoms with E-state index >= 15 is 0 Å². The van der Waals surface area contributed by atoms with Crippen molar-refractivity contribution in [1.29, 1.82) is 0 Å². The Morgan fingerprint density at radius 2 is 1.34 bits per heavy atom. The lowest BCUT2D eigenvalue weighted by atomic mass is 10.1. The summed E-state index contributed by atoms with van der Waals surface area (Å²) in [6.45, 7) is 4.04. The summed E-state index contributed by atoms with van der Waals surface area (Å²) in [6.07, 6.45) is 23.4. The summed E-state index contributed by atoms with van der Waals surface area (Å²) in [7, 11) is 5.83. The fourth-order valence-electron chi connectivity index (χ4n) is 4.89. The van der Waals surface area contributed by atoms with Gasteiger partial charge < -0.3 is 14.5 Å². The molecule has 6 heteroatoms. The van der Waals surface area contributed by atoms with Crippen LogP contribution in [-0.2, 0) is 13.1 Å². The Labute approximate surface area is 251 Å². The predicted octanol–water partition coefficient (Wildman–Crippen LogP) is 8.35. The molecule has 41 heavy (non-hydrogen) atoms. The number of pyridine rings is 1. The minimum Gasteiger partial charge on any atom is -0.394 e. The Hall–Kier alpha value is -3.87. The topological polar surface area (TPSA) is 36.0 Å². The largest absolute Gasteiger partial charge is 0.394 e. The zero-order valence-electron chi connectivity index (χ0n) is 23.7. The van der Waals surface area contributed by atoms with Gasteiger partial charge in [-0.15, -0.1) is 0 Å². The van der Waals surface area contributed by atoms with E-state index in [1.807, 2.05) is 47.2 Å². The number of fused-ring (bicyclic) bond motifs is 2. The maximum atomic E-state index is 3.08. The normalized spacial score (nSPS) is 12.6. The lowest BCUT2D eigenvalue weighted by Crippen LogP contribution is -1.99. The number of rotatable bonds is 13. The fraction of sp³-hybridized carbons (Fsp3) is 0.171. The van der Waals surface area contributed by atoms with Crippen molar-refractivity contribution in [2.75, 3.05) is 18.6 Å². The van der Waals surface area contributed by atoms with Crippen molar-refractivity contribution in [2.24, 2.45) is 0 Å². The Balaban J connectivity index is 1.17. The van der Waals surface area contributed by atoms with Crippen molar-refractivity contribution in [3.05, 3.63) is 132 Å². The van der Waals surface area contributed by atoms with E-state index in [4.69, 9.17) is 0 Å². The number of nitrogens with one attached hydrogen (secondary N) is 2. The van der Waals surface area contributed by atoms with Crippen molar-refractivity contribution < 1.29 is 4.98 Å². The molecular weight excluding hydrogens is 541 g/mol. The molecule has 0 spiro atoms. The first kappa shape index (κ1) is 28.7. The van der Waals surface area contributed by atoms with Crippen LogP contribution >= 0.6 is 21.6 Å². The van der Waals surface area contributed by atoms with E-state index in [1.54, 1.807) is 0 Å². The third kappa shape index (κ3) is 7.46. The average Bonchev–Trinajstić information content (AvgIpc) is 3.56. The minimum absolute atomic E-state index is 0.987. The first-order chi connectivity index (χ1) is 20.3. The first-order valence-electron chi connectivity index (χ1n) is 14.0. The molecule has 0 saturated carbocycles. The highest BCUT2D eigenvalue weighted by molar-refractivity contribution is 8.76. The zero-order valence-corrected chi connectivity index (χ0v) is 25.3. The van der Waals surface area contributed by atoms with Gasteiger partial charge in [-0.1, -0.05) is 88.4 Å². The lowest BCUT2D eigenvalue weighted by molar-refractivity contribution is -0.378. The smallest absolute Gasteiger partial charge is 0.167 e. The van der Waals surface area contributed by atoms with Crippen LogP contribution in [-0.4, -0.2) is 27.7 Å². The van der Waals surface area contributed by atoms with Gasteiger partial charge in [-0.25, -0.2) is 4.98 Å². The molecule has 0 saturated heterocycles. The van der Waals surface area contributed by atoms with Gasteiger partial charge in [0.25, 0.3) is 0 Å². The van der Waals surface area contributed by atoms with Crippen LogP contribution in [0.1, 0.15) is 23.6 Å². The second-order valence-corrected chi connectivity index (χ2v) is 12.3. The quantitative estimate of drug-likeness (QED) is 0.0868. The number of aromatic amines is 1. The number of hydrogen-bond acceptors (Lipinski definition) is 3. The number of hydrogen-bond donors (Lipinski definition) is 1. The lowest BCUT2D eigenvalue weighted by Gasteiger charge is -2.06. The molecule has 0 radical (unpaired) electrons. The molecule has 0 fully saturated rings. The highest BCUT2D eigenvalue weighted by Gasteiger charge is 2.08. The van der Waals surface area contributed by atoms with Crippen LogP contribution in [0, 0.1) is 0 Å². The van der Waals surface area contributed by atoms with Crippen LogP contribution in [0.4, 0.5) is 0 Å². The van der Waals surface area contributed by atoms with Crippen molar-refractivity contribution in [3.63, 3.8) is 0 Å². The van der Waals surface area contributed by atoms with Crippen LogP contribution in [0.15, 0.2) is 115 Å². The number of benzene rings is 2. The summed E-state index contributed by atoms with van der Waals surface area (Å²) >= 11 is 0. The molecule has 0 bridgehead atoms. The van der Waals surface area contributed by atoms with Gasteiger partial charge in [0.15, 0.2) is 12.4 Å². The summed E-state index contributed by atoms with van der Waals surface area (Å²) in [4.78, 5) is 3.08. The van der Waals surface area contributed by atoms with E-state index in [-0.39, 0.29) is 0 Å². The van der Waals surface area contributed by atoms with Crippen molar-refractivity contribution in [3.8, 4) is 0 Å².